The Morgan fingerprint density at radius 1 is 1.38 bits per heavy atom. The Balaban J connectivity index is 1.86. The molecule has 2 rings (SSSR count). The summed E-state index contributed by atoms with van der Waals surface area (Å²) in [6.07, 6.45) is 2.79. The average Bonchev–Trinajstić information content (AvgIpc) is 2.94. The smallest absolute Gasteiger partial charge is 0.410 e. The predicted molar refractivity (Wildman–Crippen MR) is 88.0 cm³/mol. The summed E-state index contributed by atoms with van der Waals surface area (Å²) in [5, 5.41) is 9.10. The lowest BCUT2D eigenvalue weighted by molar-refractivity contribution is 0.0152. The molecule has 1 aliphatic rings. The first-order valence-electron chi connectivity index (χ1n) is 8.15. The molecule has 134 valence electrons. The van der Waals surface area contributed by atoms with Crippen LogP contribution < -0.4 is 0 Å². The highest BCUT2D eigenvalue weighted by atomic mass is 16.6. The van der Waals surface area contributed by atoms with Gasteiger partial charge in [0, 0.05) is 31.2 Å². The van der Waals surface area contributed by atoms with Gasteiger partial charge >= 0.3 is 12.1 Å². The second-order valence-corrected chi connectivity index (χ2v) is 7.19. The van der Waals surface area contributed by atoms with Crippen molar-refractivity contribution >= 4 is 12.1 Å². The lowest BCUT2D eigenvalue weighted by atomic mass is 10.0. The highest BCUT2D eigenvalue weighted by molar-refractivity contribution is 5.86. The second kappa shape index (κ2) is 7.25. The van der Waals surface area contributed by atoms with Gasteiger partial charge in [0.15, 0.2) is 0 Å². The van der Waals surface area contributed by atoms with E-state index < -0.39 is 11.6 Å². The van der Waals surface area contributed by atoms with Gasteiger partial charge in [-0.25, -0.2) is 9.59 Å². The number of likely N-dealkylation sites (tertiary alicyclic amines) is 1. The van der Waals surface area contributed by atoms with Gasteiger partial charge in [0.1, 0.15) is 5.60 Å². The summed E-state index contributed by atoms with van der Waals surface area (Å²) < 4.78 is 10.4. The standard InChI is InChI=1S/C17H26N2O5/c1-17(2,3)24-16(22)19-8-5-13(6-9-19)18(4)11-12-7-10-23-14(12)15(20)21/h7,10,13H,5-6,8-9,11H2,1-4H3,(H,20,21). The molecule has 1 aliphatic heterocycles. The Morgan fingerprint density at radius 2 is 2.00 bits per heavy atom. The fourth-order valence-corrected chi connectivity index (χ4v) is 2.86. The van der Waals surface area contributed by atoms with Crippen LogP contribution in [0.1, 0.15) is 49.7 Å². The van der Waals surface area contributed by atoms with Crippen molar-refractivity contribution in [2.45, 2.75) is 51.8 Å². The quantitative estimate of drug-likeness (QED) is 0.909. The molecule has 7 nitrogen and oxygen atoms in total. The third-order valence-corrected chi connectivity index (χ3v) is 4.10. The van der Waals surface area contributed by atoms with Crippen LogP contribution in [0.2, 0.25) is 0 Å². The van der Waals surface area contributed by atoms with Crippen molar-refractivity contribution in [1.29, 1.82) is 0 Å². The van der Waals surface area contributed by atoms with Crippen molar-refractivity contribution in [3.63, 3.8) is 0 Å². The Hall–Kier alpha value is -2.02. The molecule has 0 spiro atoms. The number of rotatable bonds is 4. The number of ether oxygens (including phenoxy) is 1. The van der Waals surface area contributed by atoms with Crippen molar-refractivity contribution in [3.8, 4) is 0 Å². The van der Waals surface area contributed by atoms with E-state index >= 15 is 0 Å². The summed E-state index contributed by atoms with van der Waals surface area (Å²) in [6, 6.07) is 1.98. The third kappa shape index (κ3) is 4.74. The van der Waals surface area contributed by atoms with Gasteiger partial charge in [-0.05, 0) is 46.7 Å². The summed E-state index contributed by atoms with van der Waals surface area (Å²) in [7, 11) is 1.96. The van der Waals surface area contributed by atoms with Gasteiger partial charge in [-0.3, -0.25) is 4.90 Å². The number of furan rings is 1. The Kier molecular flexibility index (Phi) is 5.54. The van der Waals surface area contributed by atoms with Crippen molar-refractivity contribution in [1.82, 2.24) is 9.80 Å². The number of carboxylic acids is 1. The molecule has 7 heteroatoms. The summed E-state index contributed by atoms with van der Waals surface area (Å²) in [6.45, 7) is 7.36. The van der Waals surface area contributed by atoms with Gasteiger partial charge in [-0.1, -0.05) is 0 Å². The number of carbonyl (C=O) groups excluding carboxylic acids is 1. The minimum Gasteiger partial charge on any atom is -0.475 e. The van der Waals surface area contributed by atoms with Crippen molar-refractivity contribution in [3.05, 3.63) is 23.7 Å². The van der Waals surface area contributed by atoms with Crippen LogP contribution >= 0.6 is 0 Å². The molecule has 0 aromatic carbocycles. The van der Waals surface area contributed by atoms with E-state index in [2.05, 4.69) is 4.90 Å². The number of piperidine rings is 1. The van der Waals surface area contributed by atoms with Crippen LogP contribution in [-0.4, -0.2) is 58.7 Å². The molecule has 0 unspecified atom stereocenters. The number of aromatic carboxylic acids is 1. The van der Waals surface area contributed by atoms with Gasteiger partial charge < -0.3 is 19.2 Å². The van der Waals surface area contributed by atoms with E-state index in [0.717, 1.165) is 12.8 Å². The molecule has 0 atom stereocenters. The first kappa shape index (κ1) is 18.3. The van der Waals surface area contributed by atoms with Gasteiger partial charge in [0.2, 0.25) is 5.76 Å². The van der Waals surface area contributed by atoms with E-state index in [-0.39, 0.29) is 11.9 Å². The highest BCUT2D eigenvalue weighted by Gasteiger charge is 2.29. The van der Waals surface area contributed by atoms with Crippen molar-refractivity contribution in [2.24, 2.45) is 0 Å². The van der Waals surface area contributed by atoms with Gasteiger partial charge in [-0.15, -0.1) is 0 Å². The number of carboxylic acid groups (broad SMARTS) is 1. The molecule has 2 heterocycles. The lowest BCUT2D eigenvalue weighted by Gasteiger charge is -2.37. The molecule has 1 N–H and O–H groups in total. The maximum Gasteiger partial charge on any atom is 0.410 e. The van der Waals surface area contributed by atoms with Crippen LogP contribution in [0.15, 0.2) is 16.7 Å². The maximum absolute atomic E-state index is 12.1. The minimum absolute atomic E-state index is 0.00644. The minimum atomic E-state index is -1.05. The SMILES string of the molecule is CN(Cc1ccoc1C(=O)O)C1CCN(C(=O)OC(C)(C)C)CC1. The summed E-state index contributed by atoms with van der Waals surface area (Å²) in [4.78, 5) is 27.0. The van der Waals surface area contributed by atoms with E-state index in [0.29, 0.717) is 31.2 Å². The number of hydrogen-bond acceptors (Lipinski definition) is 5. The van der Waals surface area contributed by atoms with Crippen LogP contribution in [0.25, 0.3) is 0 Å². The van der Waals surface area contributed by atoms with E-state index in [4.69, 9.17) is 14.3 Å². The number of amides is 1. The molecule has 24 heavy (non-hydrogen) atoms. The summed E-state index contributed by atoms with van der Waals surface area (Å²) in [5.41, 5.74) is 0.179. The van der Waals surface area contributed by atoms with Crippen molar-refractivity contribution in [2.75, 3.05) is 20.1 Å². The van der Waals surface area contributed by atoms with E-state index in [9.17, 15) is 9.59 Å². The van der Waals surface area contributed by atoms with Gasteiger partial charge in [-0.2, -0.15) is 0 Å². The number of hydrogen-bond donors (Lipinski definition) is 1. The molecule has 1 saturated heterocycles. The Bertz CT molecular complexity index is 582. The van der Waals surface area contributed by atoms with Crippen LogP contribution in [0.3, 0.4) is 0 Å². The summed E-state index contributed by atoms with van der Waals surface area (Å²) >= 11 is 0. The highest BCUT2D eigenvalue weighted by Crippen LogP contribution is 2.21. The molecule has 0 saturated carbocycles. The van der Waals surface area contributed by atoms with Crippen molar-refractivity contribution < 1.29 is 23.8 Å². The van der Waals surface area contributed by atoms with Crippen LogP contribution in [0.5, 0.6) is 0 Å². The van der Waals surface area contributed by atoms with E-state index in [1.165, 1.54) is 6.26 Å². The monoisotopic (exact) mass is 338 g/mol. The molecular weight excluding hydrogens is 312 g/mol. The molecular formula is C17H26N2O5. The molecule has 1 amide bonds. The molecule has 1 aromatic rings. The van der Waals surface area contributed by atoms with Gasteiger partial charge in [0.25, 0.3) is 0 Å². The zero-order valence-corrected chi connectivity index (χ0v) is 14.7. The fourth-order valence-electron chi connectivity index (χ4n) is 2.86. The fraction of sp³-hybridized carbons (Fsp3) is 0.647. The lowest BCUT2D eigenvalue weighted by Crippen LogP contribution is -2.46. The van der Waals surface area contributed by atoms with Crippen LogP contribution in [0, 0.1) is 0 Å². The largest absolute Gasteiger partial charge is 0.475 e. The first-order valence-corrected chi connectivity index (χ1v) is 8.15. The average molecular weight is 338 g/mol. The molecule has 1 fully saturated rings. The number of carbonyl (C=O) groups is 2. The molecule has 1 aromatic heterocycles. The second-order valence-electron chi connectivity index (χ2n) is 7.19. The summed E-state index contributed by atoms with van der Waals surface area (Å²) in [5.74, 6) is -1.06. The number of nitrogens with zero attached hydrogens (tertiary/aromatic N) is 2. The normalized spacial score (nSPS) is 16.5. The molecule has 0 aliphatic carbocycles. The zero-order chi connectivity index (χ0) is 17.9. The first-order chi connectivity index (χ1) is 11.2. The molecule has 0 bridgehead atoms. The Labute approximate surface area is 142 Å². The zero-order valence-electron chi connectivity index (χ0n) is 14.7. The topological polar surface area (TPSA) is 83.2 Å². The maximum atomic E-state index is 12.1. The Morgan fingerprint density at radius 3 is 2.54 bits per heavy atom. The molecule has 0 radical (unpaired) electrons. The predicted octanol–water partition coefficient (Wildman–Crippen LogP) is 2.81. The van der Waals surface area contributed by atoms with Crippen LogP contribution in [-0.2, 0) is 11.3 Å². The van der Waals surface area contributed by atoms with E-state index in [1.807, 2.05) is 27.8 Å². The van der Waals surface area contributed by atoms with Crippen LogP contribution in [0.4, 0.5) is 4.79 Å². The van der Waals surface area contributed by atoms with E-state index in [1.54, 1.807) is 11.0 Å². The third-order valence-electron chi connectivity index (χ3n) is 4.10. The van der Waals surface area contributed by atoms with Gasteiger partial charge in [0.05, 0.1) is 6.26 Å².